The minimum atomic E-state index is -0.0736. The van der Waals surface area contributed by atoms with Gasteiger partial charge >= 0.3 is 0 Å². The molecule has 4 atom stereocenters. The maximum atomic E-state index is 3.88. The van der Waals surface area contributed by atoms with Crippen molar-refractivity contribution in [2.45, 2.75) is 37.4 Å². The Balaban J connectivity index is 0.949. The zero-order valence-electron chi connectivity index (χ0n) is 31.1. The van der Waals surface area contributed by atoms with Gasteiger partial charge in [0.1, 0.15) is 0 Å². The van der Waals surface area contributed by atoms with Gasteiger partial charge in [0.15, 0.2) is 0 Å². The predicted molar refractivity (Wildman–Crippen MR) is 230 cm³/mol. The first-order valence-corrected chi connectivity index (χ1v) is 19.9. The molecule has 0 radical (unpaired) electrons. The van der Waals surface area contributed by atoms with Gasteiger partial charge in [0.2, 0.25) is 0 Å². The normalized spacial score (nSPS) is 22.6. The summed E-state index contributed by atoms with van der Waals surface area (Å²) in [7, 11) is 0. The SMILES string of the molecule is C1=CC(C2=CC3CC(=C2)c2ccccc2N3c2ccccc2)Cc2c1n(-c1cccc(C3NC(c4ccccc4)NC(c4ccccc4)N3)c1)c1ccccc21. The molecular weight excluding hydrogens is 683 g/mol. The summed E-state index contributed by atoms with van der Waals surface area (Å²) in [5.41, 5.74) is 15.5. The van der Waals surface area contributed by atoms with Crippen LogP contribution in [0.1, 0.15) is 58.4 Å². The van der Waals surface area contributed by atoms with E-state index >= 15 is 0 Å². The average Bonchev–Trinajstić information content (AvgIpc) is 3.61. The Labute approximate surface area is 328 Å². The van der Waals surface area contributed by atoms with Crippen molar-refractivity contribution in [3.05, 3.63) is 221 Å². The van der Waals surface area contributed by atoms with Crippen molar-refractivity contribution in [1.29, 1.82) is 0 Å². The fourth-order valence-corrected chi connectivity index (χ4v) is 9.53. The van der Waals surface area contributed by atoms with E-state index in [0.29, 0.717) is 5.92 Å². The number of hydrogen-bond acceptors (Lipinski definition) is 4. The molecular formula is C51H43N5. The lowest BCUT2D eigenvalue weighted by Crippen LogP contribution is -2.54. The summed E-state index contributed by atoms with van der Waals surface area (Å²) < 4.78 is 2.47. The van der Waals surface area contributed by atoms with Gasteiger partial charge < -0.3 is 9.47 Å². The van der Waals surface area contributed by atoms with Crippen LogP contribution in [0.3, 0.4) is 0 Å². The lowest BCUT2D eigenvalue weighted by atomic mass is 9.78. The van der Waals surface area contributed by atoms with E-state index in [1.165, 1.54) is 72.6 Å². The lowest BCUT2D eigenvalue weighted by molar-refractivity contribution is 0.203. The van der Waals surface area contributed by atoms with E-state index in [0.717, 1.165) is 12.8 Å². The van der Waals surface area contributed by atoms with Crippen molar-refractivity contribution in [3.8, 4) is 5.69 Å². The van der Waals surface area contributed by atoms with Gasteiger partial charge in [0.25, 0.3) is 0 Å². The van der Waals surface area contributed by atoms with Crippen LogP contribution in [-0.4, -0.2) is 10.6 Å². The number of benzene rings is 6. The lowest BCUT2D eigenvalue weighted by Gasteiger charge is -2.41. The summed E-state index contributed by atoms with van der Waals surface area (Å²) in [5, 5.41) is 12.9. The van der Waals surface area contributed by atoms with Gasteiger partial charge in [-0.05, 0) is 88.7 Å². The number of hydrogen-bond donors (Lipinski definition) is 3. The number of nitrogens with zero attached hydrogens (tertiary/aromatic N) is 2. The van der Waals surface area contributed by atoms with Crippen molar-refractivity contribution in [2.75, 3.05) is 4.90 Å². The molecule has 3 N–H and O–H groups in total. The predicted octanol–water partition coefficient (Wildman–Crippen LogP) is 10.9. The number of fused-ring (bicyclic) bond motifs is 7. The minimum absolute atomic E-state index is 0.0202. The van der Waals surface area contributed by atoms with Crippen LogP contribution in [0.2, 0.25) is 0 Å². The Morgan fingerprint density at radius 3 is 1.89 bits per heavy atom. The zero-order valence-corrected chi connectivity index (χ0v) is 31.1. The highest BCUT2D eigenvalue weighted by Crippen LogP contribution is 2.47. The first-order chi connectivity index (χ1) is 27.7. The van der Waals surface area contributed by atoms with Crippen LogP contribution in [0.15, 0.2) is 188 Å². The summed E-state index contributed by atoms with van der Waals surface area (Å²) in [4.78, 5) is 2.54. The third-order valence-electron chi connectivity index (χ3n) is 12.1. The minimum Gasteiger partial charge on any atom is -0.334 e. The van der Waals surface area contributed by atoms with E-state index in [4.69, 9.17) is 0 Å². The quantitative estimate of drug-likeness (QED) is 0.160. The topological polar surface area (TPSA) is 44.3 Å². The molecule has 6 aromatic carbocycles. The Morgan fingerprint density at radius 1 is 0.536 bits per heavy atom. The molecule has 2 aliphatic heterocycles. The van der Waals surface area contributed by atoms with Crippen molar-refractivity contribution >= 4 is 33.9 Å². The monoisotopic (exact) mass is 725 g/mol. The van der Waals surface area contributed by atoms with Crippen molar-refractivity contribution in [2.24, 2.45) is 5.92 Å². The number of aromatic nitrogens is 1. The van der Waals surface area contributed by atoms with E-state index < -0.39 is 0 Å². The summed E-state index contributed by atoms with van der Waals surface area (Å²) in [5.74, 6) is 0.293. The third kappa shape index (κ3) is 5.75. The zero-order chi connectivity index (χ0) is 37.0. The summed E-state index contributed by atoms with van der Waals surface area (Å²) in [6.45, 7) is 0. The van der Waals surface area contributed by atoms with Gasteiger partial charge in [-0.3, -0.25) is 16.0 Å². The molecule has 56 heavy (non-hydrogen) atoms. The molecule has 3 heterocycles. The first-order valence-electron chi connectivity index (χ1n) is 19.9. The second-order valence-electron chi connectivity index (χ2n) is 15.4. The fourth-order valence-electron chi connectivity index (χ4n) is 9.53. The summed E-state index contributed by atoms with van der Waals surface area (Å²) in [6.07, 6.45) is 11.7. The molecule has 5 nitrogen and oxygen atoms in total. The molecule has 4 aliphatic rings. The number of allylic oxidation sites excluding steroid dienone is 3. The highest BCUT2D eigenvalue weighted by molar-refractivity contribution is 5.92. The number of anilines is 2. The summed E-state index contributed by atoms with van der Waals surface area (Å²) in [6, 6.07) is 59.4. The highest BCUT2D eigenvalue weighted by atomic mass is 15.4. The van der Waals surface area contributed by atoms with E-state index in [2.05, 4.69) is 214 Å². The second-order valence-corrected chi connectivity index (χ2v) is 15.4. The number of para-hydroxylation sites is 3. The molecule has 272 valence electrons. The van der Waals surface area contributed by atoms with Crippen LogP contribution in [0, 0.1) is 5.92 Å². The maximum Gasteiger partial charge on any atom is 0.0865 e. The van der Waals surface area contributed by atoms with Crippen LogP contribution >= 0.6 is 0 Å². The molecule has 1 fully saturated rings. The standard InChI is InChI=1S/C51H43N5/c1-4-15-34(16-5-1)49-52-50(35-17-6-2-7-18-35)54-51(53-49)37-19-14-22-41(30-37)56-47-26-13-11-24-44(47)45-33-36(27-28-48(45)56)38-29-39-32-42(31-38)55(40-20-8-3-9-21-40)46-25-12-10-23-43(39)46/h1-31,36,42,49-54H,32-33H2. The van der Waals surface area contributed by atoms with E-state index in [1.807, 2.05) is 0 Å². The second kappa shape index (κ2) is 13.8. The Morgan fingerprint density at radius 2 is 1.14 bits per heavy atom. The number of rotatable bonds is 6. The molecule has 2 bridgehead atoms. The van der Waals surface area contributed by atoms with Crippen LogP contribution < -0.4 is 20.9 Å². The van der Waals surface area contributed by atoms with Gasteiger partial charge in [-0.1, -0.05) is 146 Å². The fraction of sp³-hybridized carbons (Fsp3) is 0.137. The highest BCUT2D eigenvalue weighted by Gasteiger charge is 2.34. The molecule has 4 unspecified atom stereocenters. The van der Waals surface area contributed by atoms with Crippen molar-refractivity contribution < 1.29 is 0 Å². The van der Waals surface area contributed by atoms with Gasteiger partial charge in [-0.25, -0.2) is 0 Å². The van der Waals surface area contributed by atoms with Crippen molar-refractivity contribution in [1.82, 2.24) is 20.5 Å². The van der Waals surface area contributed by atoms with Gasteiger partial charge in [0.05, 0.1) is 30.1 Å². The molecule has 11 rings (SSSR count). The van der Waals surface area contributed by atoms with Crippen LogP contribution in [0.5, 0.6) is 0 Å². The van der Waals surface area contributed by atoms with E-state index in [9.17, 15) is 0 Å². The molecule has 7 aromatic rings. The molecule has 1 aromatic heterocycles. The Hall–Kier alpha value is -6.24. The van der Waals surface area contributed by atoms with Crippen LogP contribution in [0.25, 0.3) is 28.2 Å². The number of nitrogens with one attached hydrogen (secondary N) is 3. The smallest absolute Gasteiger partial charge is 0.0865 e. The van der Waals surface area contributed by atoms with Gasteiger partial charge in [0, 0.05) is 39.6 Å². The largest absolute Gasteiger partial charge is 0.334 e. The average molecular weight is 726 g/mol. The van der Waals surface area contributed by atoms with Crippen LogP contribution in [-0.2, 0) is 6.42 Å². The Kier molecular flexibility index (Phi) is 8.17. The Bertz CT molecular complexity index is 2610. The third-order valence-corrected chi connectivity index (χ3v) is 12.1. The van der Waals surface area contributed by atoms with E-state index in [-0.39, 0.29) is 24.5 Å². The maximum absolute atomic E-state index is 3.88. The van der Waals surface area contributed by atoms with E-state index in [1.54, 1.807) is 0 Å². The first kappa shape index (κ1) is 33.1. The van der Waals surface area contributed by atoms with Gasteiger partial charge in [-0.2, -0.15) is 0 Å². The molecule has 0 amide bonds. The summed E-state index contributed by atoms with van der Waals surface area (Å²) >= 11 is 0. The van der Waals surface area contributed by atoms with Crippen molar-refractivity contribution in [3.63, 3.8) is 0 Å². The molecule has 1 saturated heterocycles. The molecule has 0 spiro atoms. The molecule has 5 heteroatoms. The molecule has 2 aliphatic carbocycles. The molecule has 0 saturated carbocycles. The van der Waals surface area contributed by atoms with Crippen LogP contribution in [0.4, 0.5) is 11.4 Å². The van der Waals surface area contributed by atoms with Gasteiger partial charge in [-0.15, -0.1) is 0 Å².